The van der Waals surface area contributed by atoms with Crippen LogP contribution in [0.5, 0.6) is 0 Å². The summed E-state index contributed by atoms with van der Waals surface area (Å²) in [6.45, 7) is 9.45. The summed E-state index contributed by atoms with van der Waals surface area (Å²) in [6.07, 6.45) is 4.21. The molecule has 0 bridgehead atoms. The zero-order chi connectivity index (χ0) is 9.85. The van der Waals surface area contributed by atoms with Crippen LogP contribution in [0.4, 0.5) is 0 Å². The van der Waals surface area contributed by atoms with Gasteiger partial charge in [-0.2, -0.15) is 0 Å². The van der Waals surface area contributed by atoms with Crippen LogP contribution in [-0.2, 0) is 0 Å². The minimum absolute atomic E-state index is 0.436. The summed E-state index contributed by atoms with van der Waals surface area (Å²) in [5.74, 6) is 1.73. The van der Waals surface area contributed by atoms with Crippen molar-refractivity contribution in [2.45, 2.75) is 53.0 Å². The maximum Gasteiger partial charge on any atom is 0.0130 e. The van der Waals surface area contributed by atoms with Crippen molar-refractivity contribution in [3.63, 3.8) is 0 Å². The molecule has 76 valence electrons. The summed E-state index contributed by atoms with van der Waals surface area (Å²) in [6, 6.07) is 0.478. The Kier molecular flexibility index (Phi) is 1.83. The van der Waals surface area contributed by atoms with Gasteiger partial charge in [0.2, 0.25) is 0 Å². The maximum atomic E-state index is 6.11. The van der Waals surface area contributed by atoms with Crippen LogP contribution in [0.2, 0.25) is 0 Å². The fourth-order valence-corrected chi connectivity index (χ4v) is 3.42. The summed E-state index contributed by atoms with van der Waals surface area (Å²) in [5.41, 5.74) is 7.13. The first kappa shape index (κ1) is 9.51. The van der Waals surface area contributed by atoms with Gasteiger partial charge < -0.3 is 5.73 Å². The first-order chi connectivity index (χ1) is 5.84. The van der Waals surface area contributed by atoms with E-state index in [1.165, 1.54) is 19.3 Å². The maximum absolute atomic E-state index is 6.11. The molecule has 1 nitrogen and oxygen atoms in total. The van der Waals surface area contributed by atoms with Crippen LogP contribution in [0.15, 0.2) is 0 Å². The molecular weight excluding hydrogens is 158 g/mol. The van der Waals surface area contributed by atoms with Gasteiger partial charge in [0.05, 0.1) is 0 Å². The fourth-order valence-electron chi connectivity index (χ4n) is 3.42. The van der Waals surface area contributed by atoms with Crippen LogP contribution in [0.25, 0.3) is 0 Å². The molecule has 0 radical (unpaired) electrons. The summed E-state index contributed by atoms with van der Waals surface area (Å²) in [5, 5.41) is 0. The summed E-state index contributed by atoms with van der Waals surface area (Å²) in [4.78, 5) is 0. The standard InChI is InChI=1S/C12H23N/c1-11(2)6-5-8(7-11)9-10(13)12(9,3)4/h8-10H,5-7,13H2,1-4H3. The van der Waals surface area contributed by atoms with E-state index >= 15 is 0 Å². The third-order valence-electron chi connectivity index (χ3n) is 4.51. The minimum atomic E-state index is 0.436. The van der Waals surface area contributed by atoms with Crippen LogP contribution in [0.1, 0.15) is 47.0 Å². The summed E-state index contributed by atoms with van der Waals surface area (Å²) >= 11 is 0. The van der Waals surface area contributed by atoms with Gasteiger partial charge in [-0.25, -0.2) is 0 Å². The lowest BCUT2D eigenvalue weighted by molar-refractivity contribution is 0.329. The Labute approximate surface area is 82.1 Å². The lowest BCUT2D eigenvalue weighted by Crippen LogP contribution is -2.10. The van der Waals surface area contributed by atoms with E-state index in [9.17, 15) is 0 Å². The molecule has 2 aliphatic rings. The number of nitrogens with two attached hydrogens (primary N) is 1. The summed E-state index contributed by atoms with van der Waals surface area (Å²) < 4.78 is 0. The third kappa shape index (κ3) is 1.41. The average Bonchev–Trinajstić information content (AvgIpc) is 2.37. The molecule has 0 aliphatic heterocycles. The predicted octanol–water partition coefficient (Wildman–Crippen LogP) is 2.80. The monoisotopic (exact) mass is 181 g/mol. The van der Waals surface area contributed by atoms with Gasteiger partial charge in [0, 0.05) is 6.04 Å². The second-order valence-electron chi connectivity index (χ2n) is 6.54. The molecular formula is C12H23N. The van der Waals surface area contributed by atoms with Crippen molar-refractivity contribution in [2.24, 2.45) is 28.4 Å². The van der Waals surface area contributed by atoms with Gasteiger partial charge in [-0.05, 0) is 41.9 Å². The largest absolute Gasteiger partial charge is 0.327 e. The van der Waals surface area contributed by atoms with Gasteiger partial charge in [0.1, 0.15) is 0 Å². The van der Waals surface area contributed by atoms with Gasteiger partial charge >= 0.3 is 0 Å². The highest BCUT2D eigenvalue weighted by molar-refractivity contribution is 5.12. The fraction of sp³-hybridized carbons (Fsp3) is 1.00. The Morgan fingerprint density at radius 1 is 1.15 bits per heavy atom. The zero-order valence-electron chi connectivity index (χ0n) is 9.43. The molecule has 0 aromatic rings. The average molecular weight is 181 g/mol. The minimum Gasteiger partial charge on any atom is -0.327 e. The van der Waals surface area contributed by atoms with E-state index < -0.39 is 0 Å². The highest BCUT2D eigenvalue weighted by atomic mass is 14.9. The van der Waals surface area contributed by atoms with Gasteiger partial charge in [-0.3, -0.25) is 0 Å². The first-order valence-electron chi connectivity index (χ1n) is 5.60. The normalized spacial score (nSPS) is 46.4. The second-order valence-corrected chi connectivity index (χ2v) is 6.54. The Balaban J connectivity index is 1.99. The molecule has 2 aliphatic carbocycles. The van der Waals surface area contributed by atoms with E-state index in [4.69, 9.17) is 5.73 Å². The van der Waals surface area contributed by atoms with E-state index in [0.717, 1.165) is 11.8 Å². The molecule has 0 heterocycles. The molecule has 2 saturated carbocycles. The van der Waals surface area contributed by atoms with Crippen molar-refractivity contribution >= 4 is 0 Å². The van der Waals surface area contributed by atoms with Crippen LogP contribution in [0.3, 0.4) is 0 Å². The van der Waals surface area contributed by atoms with Crippen molar-refractivity contribution in [3.8, 4) is 0 Å². The molecule has 3 unspecified atom stereocenters. The molecule has 0 saturated heterocycles. The molecule has 13 heavy (non-hydrogen) atoms. The molecule has 0 spiro atoms. The Bertz CT molecular complexity index is 217. The van der Waals surface area contributed by atoms with Crippen molar-refractivity contribution in [3.05, 3.63) is 0 Å². The van der Waals surface area contributed by atoms with E-state index in [-0.39, 0.29) is 0 Å². The lowest BCUT2D eigenvalue weighted by atomic mass is 9.88. The quantitative estimate of drug-likeness (QED) is 0.661. The number of hydrogen-bond acceptors (Lipinski definition) is 1. The Morgan fingerprint density at radius 3 is 2.00 bits per heavy atom. The van der Waals surface area contributed by atoms with E-state index in [1.807, 2.05) is 0 Å². The zero-order valence-corrected chi connectivity index (χ0v) is 9.43. The van der Waals surface area contributed by atoms with Crippen molar-refractivity contribution in [2.75, 3.05) is 0 Å². The van der Waals surface area contributed by atoms with Crippen molar-refractivity contribution in [1.29, 1.82) is 0 Å². The van der Waals surface area contributed by atoms with Crippen molar-refractivity contribution < 1.29 is 0 Å². The summed E-state index contributed by atoms with van der Waals surface area (Å²) in [7, 11) is 0. The molecule has 2 fully saturated rings. The van der Waals surface area contributed by atoms with E-state index in [0.29, 0.717) is 16.9 Å². The number of rotatable bonds is 1. The van der Waals surface area contributed by atoms with Crippen LogP contribution in [0, 0.1) is 22.7 Å². The second kappa shape index (κ2) is 2.50. The molecule has 2 N–H and O–H groups in total. The molecule has 3 atom stereocenters. The van der Waals surface area contributed by atoms with Crippen molar-refractivity contribution in [1.82, 2.24) is 0 Å². The highest BCUT2D eigenvalue weighted by Gasteiger charge is 2.59. The topological polar surface area (TPSA) is 26.0 Å². The molecule has 0 aromatic carbocycles. The third-order valence-corrected chi connectivity index (χ3v) is 4.51. The van der Waals surface area contributed by atoms with E-state index in [2.05, 4.69) is 27.7 Å². The van der Waals surface area contributed by atoms with Gasteiger partial charge in [0.25, 0.3) is 0 Å². The lowest BCUT2D eigenvalue weighted by Gasteiger charge is -2.17. The highest BCUT2D eigenvalue weighted by Crippen LogP contribution is 2.60. The Hall–Kier alpha value is -0.0400. The van der Waals surface area contributed by atoms with Crippen LogP contribution >= 0.6 is 0 Å². The van der Waals surface area contributed by atoms with Gasteiger partial charge in [-0.1, -0.05) is 27.7 Å². The molecule has 0 amide bonds. The molecule has 0 aromatic heterocycles. The smallest absolute Gasteiger partial charge is 0.0130 e. The van der Waals surface area contributed by atoms with Crippen LogP contribution in [-0.4, -0.2) is 6.04 Å². The molecule has 1 heteroatoms. The van der Waals surface area contributed by atoms with Crippen LogP contribution < -0.4 is 5.73 Å². The van der Waals surface area contributed by atoms with Gasteiger partial charge in [0.15, 0.2) is 0 Å². The number of hydrogen-bond donors (Lipinski definition) is 1. The SMILES string of the molecule is CC1(C)CCC(C2C(N)C2(C)C)C1. The van der Waals surface area contributed by atoms with E-state index in [1.54, 1.807) is 0 Å². The molecule has 2 rings (SSSR count). The van der Waals surface area contributed by atoms with Gasteiger partial charge in [-0.15, -0.1) is 0 Å². The first-order valence-corrected chi connectivity index (χ1v) is 5.60. The Morgan fingerprint density at radius 2 is 1.69 bits per heavy atom. The predicted molar refractivity (Wildman–Crippen MR) is 56.4 cm³/mol.